The second-order valence-corrected chi connectivity index (χ2v) is 2.51. The fourth-order valence-electron chi connectivity index (χ4n) is 0.890. The number of nitrogens with zero attached hydrogens (tertiary/aromatic N) is 1. The van der Waals surface area contributed by atoms with Crippen LogP contribution in [0.15, 0.2) is 18.3 Å². The second kappa shape index (κ2) is 4.36. The lowest BCUT2D eigenvalue weighted by Gasteiger charge is -2.01. The first-order valence-electron chi connectivity index (χ1n) is 4.08. The molecule has 1 amide bonds. The van der Waals surface area contributed by atoms with Crippen molar-refractivity contribution in [2.45, 2.75) is 6.92 Å². The third kappa shape index (κ3) is 2.29. The van der Waals surface area contributed by atoms with E-state index in [9.17, 15) is 9.59 Å². The standard InChI is InChI=1S/C9H10N2O3/c1-2-14-7-4-3-6(5-11-7)8(12)9(10)13/h3-5H,2H2,1H3,(H2,10,13). The van der Waals surface area contributed by atoms with E-state index < -0.39 is 11.7 Å². The molecule has 0 aromatic carbocycles. The van der Waals surface area contributed by atoms with Gasteiger partial charge in [-0.05, 0) is 13.0 Å². The molecule has 0 aliphatic carbocycles. The topological polar surface area (TPSA) is 82.3 Å². The van der Waals surface area contributed by atoms with Crippen LogP contribution in [0.3, 0.4) is 0 Å². The molecule has 0 saturated heterocycles. The number of primary amides is 1. The summed E-state index contributed by atoms with van der Waals surface area (Å²) in [5, 5.41) is 0. The Morgan fingerprint density at radius 2 is 2.21 bits per heavy atom. The number of hydrogen-bond acceptors (Lipinski definition) is 4. The van der Waals surface area contributed by atoms with E-state index in [1.165, 1.54) is 18.3 Å². The molecule has 0 aliphatic heterocycles. The number of pyridine rings is 1. The molecule has 0 radical (unpaired) electrons. The number of rotatable bonds is 4. The summed E-state index contributed by atoms with van der Waals surface area (Å²) in [5.74, 6) is -1.33. The molecule has 0 spiro atoms. The molecule has 0 saturated carbocycles. The Bertz CT molecular complexity index is 346. The van der Waals surface area contributed by atoms with Crippen LogP contribution in [0.2, 0.25) is 0 Å². The van der Waals surface area contributed by atoms with Gasteiger partial charge < -0.3 is 10.5 Å². The first-order valence-corrected chi connectivity index (χ1v) is 4.08. The summed E-state index contributed by atoms with van der Waals surface area (Å²) in [5.41, 5.74) is 4.98. The highest BCUT2D eigenvalue weighted by atomic mass is 16.5. The maximum Gasteiger partial charge on any atom is 0.289 e. The van der Waals surface area contributed by atoms with E-state index in [-0.39, 0.29) is 5.56 Å². The summed E-state index contributed by atoms with van der Waals surface area (Å²) in [4.78, 5) is 25.4. The Balaban J connectivity index is 2.83. The summed E-state index contributed by atoms with van der Waals surface area (Å²) in [6.07, 6.45) is 1.26. The minimum atomic E-state index is -0.990. The lowest BCUT2D eigenvalue weighted by molar-refractivity contribution is -0.114. The molecular formula is C9H10N2O3. The average molecular weight is 194 g/mol. The van der Waals surface area contributed by atoms with Gasteiger partial charge in [0.15, 0.2) is 0 Å². The second-order valence-electron chi connectivity index (χ2n) is 2.51. The minimum absolute atomic E-state index is 0.168. The molecule has 74 valence electrons. The Morgan fingerprint density at radius 3 is 2.64 bits per heavy atom. The summed E-state index contributed by atoms with van der Waals surface area (Å²) in [6.45, 7) is 2.32. The van der Waals surface area contributed by atoms with Crippen molar-refractivity contribution >= 4 is 11.7 Å². The lowest BCUT2D eigenvalue weighted by Crippen LogP contribution is -2.23. The number of amides is 1. The van der Waals surface area contributed by atoms with Gasteiger partial charge in [-0.1, -0.05) is 0 Å². The molecule has 1 aromatic rings. The van der Waals surface area contributed by atoms with Crippen LogP contribution >= 0.6 is 0 Å². The highest BCUT2D eigenvalue weighted by molar-refractivity contribution is 6.42. The van der Waals surface area contributed by atoms with Crippen molar-refractivity contribution in [1.82, 2.24) is 4.98 Å². The number of ether oxygens (including phenoxy) is 1. The van der Waals surface area contributed by atoms with Gasteiger partial charge in [0.1, 0.15) is 0 Å². The van der Waals surface area contributed by atoms with Crippen LogP contribution in [0, 0.1) is 0 Å². The number of nitrogens with two attached hydrogens (primary N) is 1. The number of carbonyl (C=O) groups is 2. The van der Waals surface area contributed by atoms with Crippen LogP contribution in [0.4, 0.5) is 0 Å². The van der Waals surface area contributed by atoms with Crippen LogP contribution in [0.5, 0.6) is 5.88 Å². The summed E-state index contributed by atoms with van der Waals surface area (Å²) in [6, 6.07) is 2.96. The molecule has 0 aliphatic rings. The van der Waals surface area contributed by atoms with Gasteiger partial charge in [0, 0.05) is 17.8 Å². The number of aromatic nitrogens is 1. The van der Waals surface area contributed by atoms with Crippen molar-refractivity contribution in [3.8, 4) is 5.88 Å². The molecule has 14 heavy (non-hydrogen) atoms. The number of Topliss-reactive ketones (excluding diaryl/α,β-unsaturated/α-hetero) is 1. The monoisotopic (exact) mass is 194 g/mol. The molecule has 0 fully saturated rings. The van der Waals surface area contributed by atoms with Gasteiger partial charge in [0.2, 0.25) is 5.88 Å². The number of carbonyl (C=O) groups excluding carboxylic acids is 2. The molecule has 1 heterocycles. The zero-order valence-corrected chi connectivity index (χ0v) is 7.69. The van der Waals surface area contributed by atoms with Crippen LogP contribution in [0.25, 0.3) is 0 Å². The van der Waals surface area contributed by atoms with E-state index in [1.54, 1.807) is 0 Å². The summed E-state index contributed by atoms with van der Waals surface area (Å²) in [7, 11) is 0. The molecule has 0 unspecified atom stereocenters. The first-order chi connectivity index (χ1) is 6.65. The molecule has 5 heteroatoms. The minimum Gasteiger partial charge on any atom is -0.478 e. The van der Waals surface area contributed by atoms with Crippen molar-refractivity contribution < 1.29 is 14.3 Å². The molecule has 5 nitrogen and oxygen atoms in total. The number of hydrogen-bond donors (Lipinski definition) is 1. The van der Waals surface area contributed by atoms with Gasteiger partial charge in [0.25, 0.3) is 11.7 Å². The van der Waals surface area contributed by atoms with E-state index in [1.807, 2.05) is 6.92 Å². The van der Waals surface area contributed by atoms with E-state index in [4.69, 9.17) is 10.5 Å². The zero-order valence-electron chi connectivity index (χ0n) is 7.69. The Labute approximate surface area is 80.9 Å². The van der Waals surface area contributed by atoms with E-state index >= 15 is 0 Å². The molecule has 1 rings (SSSR count). The first kappa shape index (κ1) is 10.2. The smallest absolute Gasteiger partial charge is 0.289 e. The summed E-state index contributed by atoms with van der Waals surface area (Å²) < 4.78 is 5.06. The highest BCUT2D eigenvalue weighted by Crippen LogP contribution is 2.07. The van der Waals surface area contributed by atoms with Gasteiger partial charge in [0.05, 0.1) is 6.61 Å². The lowest BCUT2D eigenvalue weighted by atomic mass is 10.2. The average Bonchev–Trinajstić information content (AvgIpc) is 2.18. The molecule has 0 bridgehead atoms. The SMILES string of the molecule is CCOc1ccc(C(=O)C(N)=O)cn1. The summed E-state index contributed by atoms with van der Waals surface area (Å²) >= 11 is 0. The predicted molar refractivity (Wildman–Crippen MR) is 48.9 cm³/mol. The van der Waals surface area contributed by atoms with Gasteiger partial charge in [-0.3, -0.25) is 9.59 Å². The van der Waals surface area contributed by atoms with E-state index in [2.05, 4.69) is 4.98 Å². The van der Waals surface area contributed by atoms with Crippen LogP contribution < -0.4 is 10.5 Å². The third-order valence-corrected chi connectivity index (χ3v) is 1.51. The Morgan fingerprint density at radius 1 is 1.50 bits per heavy atom. The maximum atomic E-state index is 11.1. The molecular weight excluding hydrogens is 184 g/mol. The predicted octanol–water partition coefficient (Wildman–Crippen LogP) is 0.148. The van der Waals surface area contributed by atoms with Crippen molar-refractivity contribution in [2.75, 3.05) is 6.61 Å². The maximum absolute atomic E-state index is 11.1. The van der Waals surface area contributed by atoms with Gasteiger partial charge in [-0.25, -0.2) is 4.98 Å². The van der Waals surface area contributed by atoms with E-state index in [0.717, 1.165) is 0 Å². The molecule has 0 atom stereocenters. The van der Waals surface area contributed by atoms with Crippen LogP contribution in [-0.2, 0) is 4.79 Å². The highest BCUT2D eigenvalue weighted by Gasteiger charge is 2.12. The van der Waals surface area contributed by atoms with Crippen molar-refractivity contribution in [3.05, 3.63) is 23.9 Å². The van der Waals surface area contributed by atoms with Gasteiger partial charge in [-0.15, -0.1) is 0 Å². The molecule has 1 aromatic heterocycles. The van der Waals surface area contributed by atoms with Crippen LogP contribution in [0.1, 0.15) is 17.3 Å². The van der Waals surface area contributed by atoms with E-state index in [0.29, 0.717) is 12.5 Å². The van der Waals surface area contributed by atoms with Gasteiger partial charge >= 0.3 is 0 Å². The van der Waals surface area contributed by atoms with Gasteiger partial charge in [-0.2, -0.15) is 0 Å². The normalized spacial score (nSPS) is 9.50. The molecule has 2 N–H and O–H groups in total. The van der Waals surface area contributed by atoms with Crippen molar-refractivity contribution in [3.63, 3.8) is 0 Å². The number of ketones is 1. The Kier molecular flexibility index (Phi) is 3.17. The largest absolute Gasteiger partial charge is 0.478 e. The Hall–Kier alpha value is -1.91. The third-order valence-electron chi connectivity index (χ3n) is 1.51. The quantitative estimate of drug-likeness (QED) is 0.546. The van der Waals surface area contributed by atoms with Crippen LogP contribution in [-0.4, -0.2) is 23.3 Å². The fourth-order valence-corrected chi connectivity index (χ4v) is 0.890. The fraction of sp³-hybridized carbons (Fsp3) is 0.222. The zero-order chi connectivity index (χ0) is 10.6. The van der Waals surface area contributed by atoms with Crippen molar-refractivity contribution in [2.24, 2.45) is 5.73 Å². The van der Waals surface area contributed by atoms with Crippen molar-refractivity contribution in [1.29, 1.82) is 0 Å².